The number of pyridine rings is 1. The molecule has 6 nitrogen and oxygen atoms in total. The third-order valence-electron chi connectivity index (χ3n) is 6.38. The Kier molecular flexibility index (Phi) is 5.43. The first kappa shape index (κ1) is 18.4. The number of rotatable bonds is 5. The maximum Gasteiger partial charge on any atom is 0.223 e. The largest absolute Gasteiger partial charge is 0.376 e. The van der Waals surface area contributed by atoms with Crippen molar-refractivity contribution in [1.82, 2.24) is 14.8 Å². The molecule has 4 heterocycles. The summed E-state index contributed by atoms with van der Waals surface area (Å²) in [5.41, 5.74) is 1.17. The first-order valence-electron chi connectivity index (χ1n) is 10.2. The molecule has 1 aromatic heterocycles. The van der Waals surface area contributed by atoms with Crippen molar-refractivity contribution in [3.8, 4) is 0 Å². The third-order valence-corrected chi connectivity index (χ3v) is 6.38. The van der Waals surface area contributed by atoms with Crippen LogP contribution in [0.4, 0.5) is 0 Å². The van der Waals surface area contributed by atoms with Gasteiger partial charge in [-0.15, -0.1) is 0 Å². The highest BCUT2D eigenvalue weighted by molar-refractivity contribution is 5.80. The first-order chi connectivity index (χ1) is 13.1. The van der Waals surface area contributed by atoms with Crippen molar-refractivity contribution in [3.63, 3.8) is 0 Å². The Bertz CT molecular complexity index is 665. The van der Waals surface area contributed by atoms with Gasteiger partial charge >= 0.3 is 0 Å². The number of hydrogen-bond donors (Lipinski definition) is 0. The van der Waals surface area contributed by atoms with E-state index >= 15 is 0 Å². The lowest BCUT2D eigenvalue weighted by atomic mass is 9.77. The van der Waals surface area contributed by atoms with Gasteiger partial charge < -0.3 is 14.5 Å². The van der Waals surface area contributed by atoms with E-state index < -0.39 is 0 Å². The zero-order valence-electron chi connectivity index (χ0n) is 15.9. The van der Waals surface area contributed by atoms with Crippen LogP contribution in [-0.4, -0.2) is 65.5 Å². The summed E-state index contributed by atoms with van der Waals surface area (Å²) < 4.78 is 5.70. The smallest absolute Gasteiger partial charge is 0.223 e. The Morgan fingerprint density at radius 1 is 1.33 bits per heavy atom. The second kappa shape index (κ2) is 7.97. The molecule has 0 saturated carbocycles. The van der Waals surface area contributed by atoms with E-state index in [4.69, 9.17) is 4.74 Å². The van der Waals surface area contributed by atoms with Crippen LogP contribution in [0.3, 0.4) is 0 Å². The van der Waals surface area contributed by atoms with Crippen molar-refractivity contribution < 1.29 is 14.3 Å². The number of aryl methyl sites for hydroxylation is 1. The molecule has 3 aliphatic rings. The summed E-state index contributed by atoms with van der Waals surface area (Å²) in [6.07, 6.45) is 9.73. The van der Waals surface area contributed by atoms with Gasteiger partial charge in [0.25, 0.3) is 0 Å². The molecule has 146 valence electrons. The molecule has 0 bridgehead atoms. The molecule has 4 rings (SSSR count). The quantitative estimate of drug-likeness (QED) is 0.795. The zero-order chi connectivity index (χ0) is 18.7. The normalized spacial score (nSPS) is 24.7. The van der Waals surface area contributed by atoms with Gasteiger partial charge in [0.2, 0.25) is 11.8 Å². The minimum Gasteiger partial charge on any atom is -0.376 e. The molecule has 0 aromatic carbocycles. The minimum absolute atomic E-state index is 0.0653. The van der Waals surface area contributed by atoms with Crippen LogP contribution in [-0.2, 0) is 20.7 Å². The van der Waals surface area contributed by atoms with E-state index in [9.17, 15) is 9.59 Å². The molecule has 3 aliphatic heterocycles. The fourth-order valence-electron chi connectivity index (χ4n) is 4.70. The van der Waals surface area contributed by atoms with Crippen molar-refractivity contribution >= 4 is 11.8 Å². The molecule has 2 amide bonds. The maximum atomic E-state index is 12.5. The van der Waals surface area contributed by atoms with Crippen LogP contribution in [0.25, 0.3) is 0 Å². The van der Waals surface area contributed by atoms with Gasteiger partial charge in [-0.25, -0.2) is 0 Å². The number of piperidine rings is 1. The predicted octanol–water partition coefficient (Wildman–Crippen LogP) is 2.03. The Labute approximate surface area is 160 Å². The van der Waals surface area contributed by atoms with E-state index in [1.54, 1.807) is 6.20 Å². The summed E-state index contributed by atoms with van der Waals surface area (Å²) in [7, 11) is 0. The molecular formula is C21H29N3O3. The van der Waals surface area contributed by atoms with Crippen LogP contribution in [0, 0.1) is 5.41 Å². The van der Waals surface area contributed by atoms with Gasteiger partial charge in [0.15, 0.2) is 0 Å². The average molecular weight is 371 g/mol. The SMILES string of the molecule is O=C(CCc1cccnc1)N1CCC2(CC1)CC(=O)N(C[C@@H]1CCCO1)C2. The summed E-state index contributed by atoms with van der Waals surface area (Å²) >= 11 is 0. The van der Waals surface area contributed by atoms with E-state index in [-0.39, 0.29) is 23.3 Å². The van der Waals surface area contributed by atoms with Gasteiger partial charge in [-0.05, 0) is 43.7 Å². The van der Waals surface area contributed by atoms with Crippen LogP contribution >= 0.6 is 0 Å². The lowest BCUT2D eigenvalue weighted by Gasteiger charge is -2.39. The van der Waals surface area contributed by atoms with Gasteiger partial charge in [0.1, 0.15) is 0 Å². The molecule has 0 unspecified atom stereocenters. The van der Waals surface area contributed by atoms with Crippen molar-refractivity contribution in [2.75, 3.05) is 32.8 Å². The summed E-state index contributed by atoms with van der Waals surface area (Å²) in [6.45, 7) is 3.95. The van der Waals surface area contributed by atoms with Crippen LogP contribution in [0.15, 0.2) is 24.5 Å². The van der Waals surface area contributed by atoms with Crippen LogP contribution in [0.5, 0.6) is 0 Å². The molecule has 3 fully saturated rings. The van der Waals surface area contributed by atoms with Gasteiger partial charge in [-0.1, -0.05) is 6.07 Å². The van der Waals surface area contributed by atoms with Gasteiger partial charge in [0, 0.05) is 63.4 Å². The number of carbonyl (C=O) groups is 2. The van der Waals surface area contributed by atoms with Gasteiger partial charge in [-0.3, -0.25) is 14.6 Å². The summed E-state index contributed by atoms with van der Waals surface area (Å²) in [5, 5.41) is 0. The molecule has 3 saturated heterocycles. The number of nitrogens with zero attached hydrogens (tertiary/aromatic N) is 3. The summed E-state index contributed by atoms with van der Waals surface area (Å²) in [4.78, 5) is 33.1. The van der Waals surface area contributed by atoms with Crippen LogP contribution < -0.4 is 0 Å². The lowest BCUT2D eigenvalue weighted by molar-refractivity contribution is -0.133. The van der Waals surface area contributed by atoms with E-state index in [2.05, 4.69) is 4.98 Å². The molecule has 1 spiro atoms. The van der Waals surface area contributed by atoms with E-state index in [1.165, 1.54) is 0 Å². The Morgan fingerprint density at radius 3 is 2.89 bits per heavy atom. The summed E-state index contributed by atoms with van der Waals surface area (Å²) in [6, 6.07) is 3.92. The second-order valence-electron chi connectivity index (χ2n) is 8.33. The molecule has 1 atom stereocenters. The van der Waals surface area contributed by atoms with Crippen LogP contribution in [0.1, 0.15) is 44.1 Å². The number of ether oxygens (including phenoxy) is 1. The number of hydrogen-bond acceptors (Lipinski definition) is 4. The van der Waals surface area contributed by atoms with Gasteiger partial charge in [0.05, 0.1) is 6.10 Å². The molecular weight excluding hydrogens is 342 g/mol. The average Bonchev–Trinajstić information content (AvgIpc) is 3.30. The Morgan fingerprint density at radius 2 is 2.19 bits per heavy atom. The number of carbonyl (C=O) groups excluding carboxylic acids is 2. The highest BCUT2D eigenvalue weighted by atomic mass is 16.5. The van der Waals surface area contributed by atoms with Gasteiger partial charge in [-0.2, -0.15) is 0 Å². The molecule has 6 heteroatoms. The third kappa shape index (κ3) is 4.32. The number of likely N-dealkylation sites (tertiary alicyclic amines) is 2. The highest BCUT2D eigenvalue weighted by Gasteiger charge is 2.45. The Hall–Kier alpha value is -1.95. The van der Waals surface area contributed by atoms with E-state index in [0.29, 0.717) is 12.8 Å². The second-order valence-corrected chi connectivity index (χ2v) is 8.33. The first-order valence-corrected chi connectivity index (χ1v) is 10.2. The number of amides is 2. The standard InChI is InChI=1S/C21H29N3O3/c25-19(6-5-17-3-1-9-22-14-17)23-10-7-21(8-11-23)13-20(26)24(16-21)15-18-4-2-12-27-18/h1,3,9,14,18H,2,4-8,10-13,15-16H2/t18-/m0/s1. The fourth-order valence-corrected chi connectivity index (χ4v) is 4.70. The molecule has 27 heavy (non-hydrogen) atoms. The van der Waals surface area contributed by atoms with Crippen molar-refractivity contribution in [3.05, 3.63) is 30.1 Å². The fraction of sp³-hybridized carbons (Fsp3) is 0.667. The van der Waals surface area contributed by atoms with Crippen molar-refractivity contribution in [1.29, 1.82) is 0 Å². The molecule has 0 aliphatic carbocycles. The molecule has 0 N–H and O–H groups in total. The zero-order valence-corrected chi connectivity index (χ0v) is 15.9. The van der Waals surface area contributed by atoms with E-state index in [0.717, 1.165) is 70.5 Å². The number of aromatic nitrogens is 1. The Balaban J connectivity index is 1.25. The van der Waals surface area contributed by atoms with Crippen LogP contribution in [0.2, 0.25) is 0 Å². The topological polar surface area (TPSA) is 62.7 Å². The predicted molar refractivity (Wildman–Crippen MR) is 101 cm³/mol. The minimum atomic E-state index is 0.0653. The maximum absolute atomic E-state index is 12.5. The lowest BCUT2D eigenvalue weighted by Crippen LogP contribution is -2.44. The molecule has 1 aromatic rings. The van der Waals surface area contributed by atoms with E-state index in [1.807, 2.05) is 28.1 Å². The van der Waals surface area contributed by atoms with Crippen molar-refractivity contribution in [2.24, 2.45) is 5.41 Å². The van der Waals surface area contributed by atoms with Crippen molar-refractivity contribution in [2.45, 2.75) is 51.0 Å². The molecule has 0 radical (unpaired) electrons. The monoisotopic (exact) mass is 371 g/mol. The summed E-state index contributed by atoms with van der Waals surface area (Å²) in [5.74, 6) is 0.482. The highest BCUT2D eigenvalue weighted by Crippen LogP contribution is 2.41.